The molecule has 150 valence electrons. The van der Waals surface area contributed by atoms with Gasteiger partial charge < -0.3 is 40.4 Å². The maximum Gasteiger partial charge on any atom is 0.316 e. The van der Waals surface area contributed by atoms with Crippen molar-refractivity contribution in [3.63, 3.8) is 0 Å². The number of rotatable bonds is 6. The minimum absolute atomic E-state index is 0.480. The van der Waals surface area contributed by atoms with E-state index in [0.29, 0.717) is 0 Å². The Labute approximate surface area is 155 Å². The third-order valence-electron chi connectivity index (χ3n) is 4.61. The molecule has 0 aromatic carbocycles. The number of nitrogens with one attached hydrogen (secondary N) is 1. The lowest BCUT2D eigenvalue weighted by molar-refractivity contribution is -0.806. The van der Waals surface area contributed by atoms with Crippen LogP contribution in [0, 0.1) is 6.92 Å². The first-order valence-corrected chi connectivity index (χ1v) is 8.42. The van der Waals surface area contributed by atoms with Gasteiger partial charge in [0.15, 0.2) is 12.4 Å². The van der Waals surface area contributed by atoms with E-state index in [1.165, 1.54) is 23.9 Å². The van der Waals surface area contributed by atoms with Gasteiger partial charge in [0.25, 0.3) is 0 Å². The minimum Gasteiger partial charge on any atom is -0.541 e. The van der Waals surface area contributed by atoms with Crippen LogP contribution in [-0.2, 0) is 20.1 Å². The summed E-state index contributed by atoms with van der Waals surface area (Å²) in [4.78, 5) is 23.5. The molecule has 10 heteroatoms. The smallest absolute Gasteiger partial charge is 0.316 e. The van der Waals surface area contributed by atoms with E-state index < -0.39 is 61.1 Å². The van der Waals surface area contributed by atoms with Gasteiger partial charge in [0, 0.05) is 19.1 Å². The molecule has 1 amide bonds. The Bertz CT molecular complexity index is 682. The molecule has 0 saturated carbocycles. The molecule has 0 radical (unpaired) electrons. The number of amides is 1. The van der Waals surface area contributed by atoms with Gasteiger partial charge in [-0.15, -0.1) is 0 Å². The van der Waals surface area contributed by atoms with E-state index in [-0.39, 0.29) is 0 Å². The zero-order chi connectivity index (χ0) is 20.4. The lowest BCUT2D eigenvalue weighted by Crippen LogP contribution is -2.75. The second-order valence-corrected chi connectivity index (χ2v) is 6.68. The monoisotopic (exact) mass is 384 g/mol. The number of aliphatic hydroxyl groups is 4. The van der Waals surface area contributed by atoms with Crippen molar-refractivity contribution in [2.75, 3.05) is 6.61 Å². The third-order valence-corrected chi connectivity index (χ3v) is 4.61. The summed E-state index contributed by atoms with van der Waals surface area (Å²) >= 11 is 0. The van der Waals surface area contributed by atoms with Crippen molar-refractivity contribution in [1.29, 1.82) is 0 Å². The molecule has 10 nitrogen and oxygen atoms in total. The van der Waals surface area contributed by atoms with Crippen molar-refractivity contribution in [2.24, 2.45) is 0 Å². The number of carbonyl (C=O) groups is 2. The number of aliphatic carboxylic acids is 1. The zero-order valence-corrected chi connectivity index (χ0v) is 15.0. The van der Waals surface area contributed by atoms with E-state index in [1.54, 1.807) is 19.1 Å². The van der Waals surface area contributed by atoms with Crippen LogP contribution in [0.3, 0.4) is 0 Å². The highest BCUT2D eigenvalue weighted by atomic mass is 16.6. The lowest BCUT2D eigenvalue weighted by Gasteiger charge is -2.45. The number of carboxylic acids is 1. The zero-order valence-electron chi connectivity index (χ0n) is 15.0. The van der Waals surface area contributed by atoms with Crippen LogP contribution in [0.25, 0.3) is 0 Å². The number of pyridine rings is 1. The molecular formula is C17H24N2O8. The molecule has 1 aliphatic rings. The molecule has 27 heavy (non-hydrogen) atoms. The Balaban J connectivity index is 2.50. The second-order valence-electron chi connectivity index (χ2n) is 6.68. The maximum absolute atomic E-state index is 12.0. The van der Waals surface area contributed by atoms with Gasteiger partial charge in [-0.3, -0.25) is 4.79 Å². The van der Waals surface area contributed by atoms with Crippen LogP contribution < -0.4 is 15.0 Å². The summed E-state index contributed by atoms with van der Waals surface area (Å²) in [5.74, 6) is -2.23. The van der Waals surface area contributed by atoms with Gasteiger partial charge in [-0.05, 0) is 12.5 Å². The van der Waals surface area contributed by atoms with Crippen LogP contribution in [0.1, 0.15) is 18.9 Å². The van der Waals surface area contributed by atoms with Gasteiger partial charge in [0.1, 0.15) is 24.3 Å². The topological polar surface area (TPSA) is 163 Å². The van der Waals surface area contributed by atoms with E-state index >= 15 is 0 Å². The molecule has 5 N–H and O–H groups in total. The van der Waals surface area contributed by atoms with Gasteiger partial charge in [0.05, 0.1) is 25.2 Å². The molecule has 0 spiro atoms. The van der Waals surface area contributed by atoms with Crippen LogP contribution in [0.2, 0.25) is 0 Å². The van der Waals surface area contributed by atoms with Gasteiger partial charge in [0.2, 0.25) is 5.91 Å². The van der Waals surface area contributed by atoms with Crippen LogP contribution in [0.4, 0.5) is 0 Å². The SMILES string of the molecule is CC(=O)N[C@H]1[C@H]([C@H](O)[C@H](O)CO)O[C@](C(=O)[O-])([n+]2ccc(C)cc2)C[C@@H]1O. The lowest BCUT2D eigenvalue weighted by atomic mass is 9.87. The number of hydrogen-bond acceptors (Lipinski definition) is 8. The van der Waals surface area contributed by atoms with Crippen molar-refractivity contribution in [2.45, 2.75) is 56.5 Å². The van der Waals surface area contributed by atoms with Gasteiger partial charge in [-0.1, -0.05) is 0 Å². The van der Waals surface area contributed by atoms with Crippen LogP contribution >= 0.6 is 0 Å². The number of carboxylic acid groups (broad SMARTS) is 1. The fraction of sp³-hybridized carbons (Fsp3) is 0.588. The van der Waals surface area contributed by atoms with Gasteiger partial charge >= 0.3 is 5.72 Å². The molecule has 1 aromatic rings. The van der Waals surface area contributed by atoms with Gasteiger partial charge in [-0.25, -0.2) is 0 Å². The van der Waals surface area contributed by atoms with E-state index in [1.807, 2.05) is 0 Å². The van der Waals surface area contributed by atoms with Crippen molar-refractivity contribution in [1.82, 2.24) is 5.32 Å². The highest BCUT2D eigenvalue weighted by Crippen LogP contribution is 2.32. The van der Waals surface area contributed by atoms with Crippen LogP contribution in [-0.4, -0.2) is 69.4 Å². The fourth-order valence-corrected chi connectivity index (χ4v) is 3.14. The Hall–Kier alpha value is -2.11. The predicted molar refractivity (Wildman–Crippen MR) is 86.6 cm³/mol. The van der Waals surface area contributed by atoms with Crippen LogP contribution in [0.15, 0.2) is 24.5 Å². The Kier molecular flexibility index (Phi) is 6.50. The molecule has 1 aromatic heterocycles. The molecule has 2 heterocycles. The second kappa shape index (κ2) is 8.28. The van der Waals surface area contributed by atoms with Crippen molar-refractivity contribution in [3.05, 3.63) is 30.1 Å². The van der Waals surface area contributed by atoms with Crippen molar-refractivity contribution in [3.8, 4) is 0 Å². The van der Waals surface area contributed by atoms with E-state index in [0.717, 1.165) is 5.56 Å². The minimum atomic E-state index is -2.19. The molecule has 1 aliphatic heterocycles. The van der Waals surface area contributed by atoms with Gasteiger partial charge in [-0.2, -0.15) is 4.57 Å². The molecule has 1 saturated heterocycles. The molecular weight excluding hydrogens is 360 g/mol. The number of hydrogen-bond donors (Lipinski definition) is 5. The van der Waals surface area contributed by atoms with E-state index in [4.69, 9.17) is 9.84 Å². The Morgan fingerprint density at radius 3 is 2.48 bits per heavy atom. The summed E-state index contributed by atoms with van der Waals surface area (Å²) in [7, 11) is 0. The molecule has 1 fully saturated rings. The largest absolute Gasteiger partial charge is 0.541 e. The normalized spacial score (nSPS) is 30.4. The fourth-order valence-electron chi connectivity index (χ4n) is 3.14. The average Bonchev–Trinajstić information content (AvgIpc) is 2.62. The van der Waals surface area contributed by atoms with E-state index in [9.17, 15) is 30.0 Å². The summed E-state index contributed by atoms with van der Waals surface area (Å²) in [5.41, 5.74) is -1.34. The average molecular weight is 384 g/mol. The highest BCUT2D eigenvalue weighted by Gasteiger charge is 2.57. The number of aliphatic hydroxyl groups excluding tert-OH is 4. The first kappa shape index (κ1) is 21.2. The summed E-state index contributed by atoms with van der Waals surface area (Å²) < 4.78 is 6.81. The molecule has 0 bridgehead atoms. The van der Waals surface area contributed by atoms with E-state index in [2.05, 4.69) is 5.32 Å². The van der Waals surface area contributed by atoms with Crippen molar-refractivity contribution >= 4 is 11.9 Å². The summed E-state index contributed by atoms with van der Waals surface area (Å²) in [5, 5.41) is 54.1. The Morgan fingerprint density at radius 1 is 1.41 bits per heavy atom. The van der Waals surface area contributed by atoms with Crippen molar-refractivity contribution < 1.29 is 44.4 Å². The number of nitrogens with zero attached hydrogens (tertiary/aromatic N) is 1. The summed E-state index contributed by atoms with van der Waals surface area (Å²) in [6.45, 7) is 2.14. The van der Waals surface area contributed by atoms with Crippen LogP contribution in [0.5, 0.6) is 0 Å². The highest BCUT2D eigenvalue weighted by molar-refractivity contribution is 5.74. The predicted octanol–water partition coefficient (Wildman–Crippen LogP) is -3.95. The number of aryl methyl sites for hydroxylation is 1. The first-order chi connectivity index (χ1) is 12.6. The number of aromatic nitrogens is 1. The standard InChI is InChI=1S/C17H24N2O8/c1-9-3-5-19(6-4-9)17(16(25)26)7-11(22)13(18-10(2)21)15(27-17)14(24)12(23)8-20/h3-6,11-15,20,22-24H,7-8H2,1-2H3,(H-,18,21,25,26)/t11-,12+,13+,14+,15+,17+/m0/s1. The molecule has 0 aliphatic carbocycles. The third kappa shape index (κ3) is 4.25. The first-order valence-electron chi connectivity index (χ1n) is 8.42. The number of ether oxygens (including phenoxy) is 1. The summed E-state index contributed by atoms with van der Waals surface area (Å²) in [6.07, 6.45) is -4.09. The number of carbonyl (C=O) groups excluding carboxylic acids is 2. The molecule has 6 atom stereocenters. The maximum atomic E-state index is 12.0. The quantitative estimate of drug-likeness (QED) is 0.310. The Morgan fingerprint density at radius 2 is 2.00 bits per heavy atom. The molecule has 0 unspecified atom stereocenters. The summed E-state index contributed by atoms with van der Waals surface area (Å²) in [6, 6.07) is 2.03. The molecule has 2 rings (SSSR count).